The fourth-order valence-electron chi connectivity index (χ4n) is 3.70. The minimum Gasteiger partial charge on any atom is -0.384 e. The zero-order chi connectivity index (χ0) is 26.6. The summed E-state index contributed by atoms with van der Waals surface area (Å²) in [6, 6.07) is 13.0. The van der Waals surface area contributed by atoms with Crippen LogP contribution in [0, 0.1) is 0 Å². The summed E-state index contributed by atoms with van der Waals surface area (Å²) in [5, 5.41) is 6.51. The number of carbonyl (C=O) groups is 3. The molecule has 1 aromatic heterocycles. The number of aromatic nitrogens is 1. The molecule has 12 heteroatoms. The van der Waals surface area contributed by atoms with Crippen molar-refractivity contribution in [3.8, 4) is 11.1 Å². The number of nitrogens with one attached hydrogen (secondary N) is 3. The van der Waals surface area contributed by atoms with E-state index in [4.69, 9.17) is 4.74 Å². The number of anilines is 1. The van der Waals surface area contributed by atoms with Crippen molar-refractivity contribution in [2.75, 3.05) is 31.3 Å². The third-order valence-electron chi connectivity index (χ3n) is 5.70. The van der Waals surface area contributed by atoms with Crippen LogP contribution in [0.3, 0.4) is 0 Å². The number of amides is 3. The molecular weight excluding hydrogens is 516 g/mol. The molecule has 3 amide bonds. The van der Waals surface area contributed by atoms with Gasteiger partial charge in [0.25, 0.3) is 0 Å². The summed E-state index contributed by atoms with van der Waals surface area (Å²) < 4.78 is 31.9. The van der Waals surface area contributed by atoms with Gasteiger partial charge in [-0.3, -0.25) is 14.4 Å². The van der Waals surface area contributed by atoms with Crippen LogP contribution >= 0.6 is 11.3 Å². The largest absolute Gasteiger partial charge is 0.384 e. The van der Waals surface area contributed by atoms with Gasteiger partial charge >= 0.3 is 0 Å². The molecule has 2 aromatic carbocycles. The maximum Gasteiger partial charge on any atom is 0.245 e. The number of fused-ring (bicyclic) bond motifs is 1. The predicted octanol–water partition coefficient (Wildman–Crippen LogP) is 2.42. The lowest BCUT2D eigenvalue weighted by atomic mass is 10.1. The van der Waals surface area contributed by atoms with Crippen LogP contribution in [0.4, 0.5) is 5.69 Å². The van der Waals surface area contributed by atoms with E-state index in [0.29, 0.717) is 11.2 Å². The van der Waals surface area contributed by atoms with Gasteiger partial charge in [0.05, 0.1) is 29.1 Å². The Bertz CT molecular complexity index is 1410. The van der Waals surface area contributed by atoms with Crippen molar-refractivity contribution >= 4 is 54.8 Å². The number of nitrogens with zero attached hydrogens (tertiary/aromatic N) is 1. The number of carbonyl (C=O) groups excluding carboxylic acids is 3. The fourth-order valence-corrected chi connectivity index (χ4v) is 6.62. The van der Waals surface area contributed by atoms with Gasteiger partial charge in [0.2, 0.25) is 17.7 Å². The van der Waals surface area contributed by atoms with Crippen molar-refractivity contribution in [3.05, 3.63) is 47.5 Å². The smallest absolute Gasteiger partial charge is 0.245 e. The van der Waals surface area contributed by atoms with Gasteiger partial charge < -0.3 is 20.7 Å². The van der Waals surface area contributed by atoms with Crippen LogP contribution < -0.4 is 16.0 Å². The van der Waals surface area contributed by atoms with Crippen LogP contribution in [0.1, 0.15) is 30.0 Å². The van der Waals surface area contributed by atoms with Crippen LogP contribution in [0.5, 0.6) is 0 Å². The lowest BCUT2D eigenvalue weighted by Crippen LogP contribution is -2.41. The quantitative estimate of drug-likeness (QED) is 0.336. The van der Waals surface area contributed by atoms with Crippen LogP contribution in [0.25, 0.3) is 21.3 Å². The molecule has 37 heavy (non-hydrogen) atoms. The first-order chi connectivity index (χ1) is 17.7. The second-order valence-electron chi connectivity index (χ2n) is 8.79. The Labute approximate surface area is 218 Å². The van der Waals surface area contributed by atoms with Crippen molar-refractivity contribution < 1.29 is 27.5 Å². The molecular formula is C25H28N4O6S2. The molecule has 0 spiro atoms. The van der Waals surface area contributed by atoms with E-state index in [0.717, 1.165) is 40.0 Å². The zero-order valence-corrected chi connectivity index (χ0v) is 22.1. The van der Waals surface area contributed by atoms with Crippen molar-refractivity contribution in [1.29, 1.82) is 0 Å². The van der Waals surface area contributed by atoms with Gasteiger partial charge in [-0.1, -0.05) is 18.2 Å². The molecule has 0 aliphatic heterocycles. The molecule has 0 saturated heterocycles. The van der Waals surface area contributed by atoms with E-state index in [1.165, 1.54) is 14.0 Å². The number of ether oxygens (including phenoxy) is 1. The average molecular weight is 545 g/mol. The highest BCUT2D eigenvalue weighted by molar-refractivity contribution is 7.92. The van der Waals surface area contributed by atoms with Gasteiger partial charge in [0, 0.05) is 25.8 Å². The second-order valence-corrected chi connectivity index (χ2v) is 12.1. The molecule has 1 heterocycles. The van der Waals surface area contributed by atoms with E-state index < -0.39 is 21.0 Å². The summed E-state index contributed by atoms with van der Waals surface area (Å²) in [4.78, 5) is 40.9. The van der Waals surface area contributed by atoms with Gasteiger partial charge in [0.1, 0.15) is 5.01 Å². The van der Waals surface area contributed by atoms with Crippen molar-refractivity contribution in [2.24, 2.45) is 0 Å². The summed E-state index contributed by atoms with van der Waals surface area (Å²) in [6.07, 6.45) is 1.81. The Balaban J connectivity index is 1.60. The Morgan fingerprint density at radius 3 is 2.46 bits per heavy atom. The molecule has 1 aliphatic rings. The van der Waals surface area contributed by atoms with Gasteiger partial charge in [-0.15, -0.1) is 11.3 Å². The topological polar surface area (TPSA) is 144 Å². The highest BCUT2D eigenvalue weighted by atomic mass is 32.2. The Morgan fingerprint density at radius 1 is 1.11 bits per heavy atom. The third kappa shape index (κ3) is 6.90. The number of benzene rings is 2. The van der Waals surface area contributed by atoms with Crippen molar-refractivity contribution in [3.63, 3.8) is 0 Å². The summed E-state index contributed by atoms with van der Waals surface area (Å²) in [5.41, 5.74) is 2.96. The standard InChI is InChI=1S/C25H28N4O6S2/c1-15(30)27-18-6-3-16(4-7-18)17-5-10-21-20(13-17)29-25(36-21)23(37(33,34)12-11-35-2)24(32)26-14-22(31)28-19-8-9-19/h3-7,10,13,19,23H,8-9,11-12,14H2,1-2H3,(H,26,32)(H,27,30)(H,28,31). The molecule has 1 aliphatic carbocycles. The van der Waals surface area contributed by atoms with Crippen molar-refractivity contribution in [2.45, 2.75) is 31.1 Å². The molecule has 196 valence electrons. The van der Waals surface area contributed by atoms with E-state index in [1.54, 1.807) is 12.1 Å². The van der Waals surface area contributed by atoms with Crippen LogP contribution in [0.2, 0.25) is 0 Å². The first-order valence-corrected chi connectivity index (χ1v) is 14.3. The van der Waals surface area contributed by atoms with Gasteiger partial charge in [0.15, 0.2) is 15.1 Å². The lowest BCUT2D eigenvalue weighted by Gasteiger charge is -2.15. The maximum atomic E-state index is 13.1. The second kappa shape index (κ2) is 11.4. The summed E-state index contributed by atoms with van der Waals surface area (Å²) >= 11 is 1.12. The normalized spacial score (nSPS) is 14.2. The summed E-state index contributed by atoms with van der Waals surface area (Å²) in [6.45, 7) is 1.06. The van der Waals surface area contributed by atoms with Gasteiger partial charge in [-0.25, -0.2) is 13.4 Å². The number of hydrogen-bond donors (Lipinski definition) is 3. The minimum absolute atomic E-state index is 0.0716. The molecule has 3 N–H and O–H groups in total. The van der Waals surface area contributed by atoms with E-state index >= 15 is 0 Å². The van der Waals surface area contributed by atoms with Gasteiger partial charge in [-0.2, -0.15) is 0 Å². The molecule has 1 saturated carbocycles. The maximum absolute atomic E-state index is 13.1. The molecule has 3 aromatic rings. The first kappa shape index (κ1) is 26.7. The Morgan fingerprint density at radius 2 is 1.81 bits per heavy atom. The summed E-state index contributed by atoms with van der Waals surface area (Å²) in [5.74, 6) is -1.68. The molecule has 10 nitrogen and oxygen atoms in total. The molecule has 1 atom stereocenters. The molecule has 0 bridgehead atoms. The summed E-state index contributed by atoms with van der Waals surface area (Å²) in [7, 11) is -2.59. The van der Waals surface area contributed by atoms with E-state index in [-0.39, 0.29) is 41.8 Å². The number of hydrogen-bond acceptors (Lipinski definition) is 8. The highest BCUT2D eigenvalue weighted by Gasteiger charge is 2.37. The first-order valence-electron chi connectivity index (χ1n) is 11.7. The third-order valence-corrected chi connectivity index (χ3v) is 8.84. The Kier molecular flexibility index (Phi) is 8.20. The average Bonchev–Trinajstić information content (AvgIpc) is 3.57. The zero-order valence-electron chi connectivity index (χ0n) is 20.4. The number of rotatable bonds is 11. The van der Waals surface area contributed by atoms with Gasteiger partial charge in [-0.05, 0) is 48.2 Å². The number of thiazole rings is 1. The molecule has 4 rings (SSSR count). The molecule has 0 radical (unpaired) electrons. The minimum atomic E-state index is -3.98. The van der Waals surface area contributed by atoms with Crippen molar-refractivity contribution in [1.82, 2.24) is 15.6 Å². The van der Waals surface area contributed by atoms with Crippen LogP contribution in [0.15, 0.2) is 42.5 Å². The van der Waals surface area contributed by atoms with E-state index in [9.17, 15) is 22.8 Å². The Hall–Kier alpha value is -3.35. The predicted molar refractivity (Wildman–Crippen MR) is 142 cm³/mol. The fraction of sp³-hybridized carbons (Fsp3) is 0.360. The van der Waals surface area contributed by atoms with E-state index in [2.05, 4.69) is 20.9 Å². The van der Waals surface area contributed by atoms with E-state index in [1.807, 2.05) is 30.3 Å². The number of sulfone groups is 1. The lowest BCUT2D eigenvalue weighted by molar-refractivity contribution is -0.126. The molecule has 1 fully saturated rings. The van der Waals surface area contributed by atoms with Crippen LogP contribution in [-0.4, -0.2) is 63.2 Å². The molecule has 1 unspecified atom stereocenters. The highest BCUT2D eigenvalue weighted by Crippen LogP contribution is 2.34. The monoisotopic (exact) mass is 544 g/mol. The SMILES string of the molecule is COCCS(=O)(=O)C(C(=O)NCC(=O)NC1CC1)c1nc2cc(-c3ccc(NC(C)=O)cc3)ccc2s1. The number of methoxy groups -OCH3 is 1. The van der Waals surface area contributed by atoms with Crippen LogP contribution in [-0.2, 0) is 29.0 Å².